The summed E-state index contributed by atoms with van der Waals surface area (Å²) in [5, 5.41) is 11.3. The van der Waals surface area contributed by atoms with Gasteiger partial charge in [0.15, 0.2) is 0 Å². The second-order valence-electron chi connectivity index (χ2n) is 6.65. The van der Waals surface area contributed by atoms with Crippen LogP contribution in [0.2, 0.25) is 0 Å². The van der Waals surface area contributed by atoms with E-state index in [1.165, 1.54) is 7.11 Å². The Balaban J connectivity index is 1.93. The van der Waals surface area contributed by atoms with Crippen LogP contribution in [0.5, 0.6) is 17.2 Å². The van der Waals surface area contributed by atoms with Gasteiger partial charge in [-0.15, -0.1) is 0 Å². The van der Waals surface area contributed by atoms with E-state index in [0.717, 1.165) is 11.1 Å². The summed E-state index contributed by atoms with van der Waals surface area (Å²) in [6.07, 6.45) is 3.19. The van der Waals surface area contributed by atoms with E-state index in [1.807, 2.05) is 30.4 Å². The highest BCUT2D eigenvalue weighted by atomic mass is 16.6. The van der Waals surface area contributed by atoms with Crippen molar-refractivity contribution < 1.29 is 38.3 Å². The Kier molecular flexibility index (Phi) is 11.6. The molecule has 1 amide bonds. The van der Waals surface area contributed by atoms with E-state index in [9.17, 15) is 4.79 Å². The molecule has 2 N–H and O–H groups in total. The van der Waals surface area contributed by atoms with Gasteiger partial charge in [0.25, 0.3) is 0 Å². The van der Waals surface area contributed by atoms with Gasteiger partial charge in [0.1, 0.15) is 23.9 Å². The molecule has 0 heterocycles. The Bertz CT molecular complexity index is 878. The number of carbonyl (C=O) groups is 1. The molecular formula is C24H31NO8. The highest BCUT2D eigenvalue weighted by Crippen LogP contribution is 2.28. The molecule has 33 heavy (non-hydrogen) atoms. The van der Waals surface area contributed by atoms with Gasteiger partial charge >= 0.3 is 6.09 Å². The Morgan fingerprint density at radius 1 is 0.818 bits per heavy atom. The maximum Gasteiger partial charge on any atom is 0.411 e. The molecule has 9 nitrogen and oxygen atoms in total. The number of aliphatic hydroxyl groups excluding tert-OH is 1. The fourth-order valence-electron chi connectivity index (χ4n) is 2.77. The molecule has 0 aliphatic carbocycles. The van der Waals surface area contributed by atoms with Crippen molar-refractivity contribution in [3.8, 4) is 17.2 Å². The first-order valence-electron chi connectivity index (χ1n) is 10.4. The Morgan fingerprint density at radius 2 is 1.45 bits per heavy atom. The van der Waals surface area contributed by atoms with E-state index in [0.29, 0.717) is 36.1 Å². The quantitative estimate of drug-likeness (QED) is 0.326. The largest absolute Gasteiger partial charge is 0.497 e. The van der Waals surface area contributed by atoms with E-state index in [4.69, 9.17) is 33.5 Å². The van der Waals surface area contributed by atoms with Gasteiger partial charge in [0, 0.05) is 6.07 Å². The molecule has 0 aromatic heterocycles. The van der Waals surface area contributed by atoms with Crippen LogP contribution in [0, 0.1) is 0 Å². The van der Waals surface area contributed by atoms with Crippen molar-refractivity contribution >= 4 is 23.9 Å². The number of rotatable bonds is 14. The fourth-order valence-corrected chi connectivity index (χ4v) is 2.77. The molecule has 2 aromatic carbocycles. The minimum Gasteiger partial charge on any atom is -0.497 e. The van der Waals surface area contributed by atoms with E-state index in [-0.39, 0.29) is 26.4 Å². The van der Waals surface area contributed by atoms with Gasteiger partial charge in [0.2, 0.25) is 0 Å². The number of anilines is 1. The lowest BCUT2D eigenvalue weighted by atomic mass is 10.1. The second-order valence-corrected chi connectivity index (χ2v) is 6.65. The smallest absolute Gasteiger partial charge is 0.411 e. The lowest BCUT2D eigenvalue weighted by molar-refractivity contribution is 0.0199. The van der Waals surface area contributed by atoms with Gasteiger partial charge in [-0.2, -0.15) is 0 Å². The average molecular weight is 462 g/mol. The molecule has 0 unspecified atom stereocenters. The van der Waals surface area contributed by atoms with Crippen LogP contribution < -0.4 is 19.5 Å². The minimum atomic E-state index is -0.618. The van der Waals surface area contributed by atoms with Crippen molar-refractivity contribution in [2.75, 3.05) is 66.3 Å². The Morgan fingerprint density at radius 3 is 2.09 bits per heavy atom. The normalized spacial score (nSPS) is 10.8. The summed E-state index contributed by atoms with van der Waals surface area (Å²) in [5.74, 6) is 1.88. The molecule has 0 atom stereocenters. The molecule has 0 aliphatic heterocycles. The van der Waals surface area contributed by atoms with Crippen LogP contribution >= 0.6 is 0 Å². The van der Waals surface area contributed by atoms with E-state index in [1.54, 1.807) is 32.4 Å². The molecule has 0 fully saturated rings. The standard InChI is InChI=1S/C24H31NO8/c1-28-20-14-19(15-21(17-20)29-2)5-4-18-6-7-23(30-3)22(16-18)25-24(27)33-13-12-32-11-10-31-9-8-26/h4-7,14-17,26H,8-13H2,1-3H3,(H,25,27). The Hall–Kier alpha value is -3.27. The predicted octanol–water partition coefficient (Wildman–Crippen LogP) is 3.46. The zero-order valence-electron chi connectivity index (χ0n) is 19.2. The van der Waals surface area contributed by atoms with Gasteiger partial charge in [-0.3, -0.25) is 5.32 Å². The molecule has 0 saturated carbocycles. The van der Waals surface area contributed by atoms with Crippen LogP contribution in [0.3, 0.4) is 0 Å². The number of hydrogen-bond acceptors (Lipinski definition) is 8. The molecule has 2 aromatic rings. The van der Waals surface area contributed by atoms with Crippen molar-refractivity contribution in [1.29, 1.82) is 0 Å². The summed E-state index contributed by atoms with van der Waals surface area (Å²) in [4.78, 5) is 12.1. The lowest BCUT2D eigenvalue weighted by Crippen LogP contribution is -2.18. The van der Waals surface area contributed by atoms with Crippen molar-refractivity contribution in [3.63, 3.8) is 0 Å². The Labute approximate surface area is 193 Å². The van der Waals surface area contributed by atoms with E-state index >= 15 is 0 Å². The van der Waals surface area contributed by atoms with Crippen LogP contribution in [0.15, 0.2) is 36.4 Å². The minimum absolute atomic E-state index is 0.0283. The summed E-state index contributed by atoms with van der Waals surface area (Å²) in [6, 6.07) is 11.0. The van der Waals surface area contributed by atoms with Crippen molar-refractivity contribution in [2.24, 2.45) is 0 Å². The summed E-state index contributed by atoms with van der Waals surface area (Å²) in [7, 11) is 4.72. The maximum absolute atomic E-state index is 12.1. The number of benzene rings is 2. The van der Waals surface area contributed by atoms with Gasteiger partial charge in [0.05, 0.1) is 60.1 Å². The third-order valence-electron chi connectivity index (χ3n) is 4.37. The average Bonchev–Trinajstić information content (AvgIpc) is 2.84. The first-order chi connectivity index (χ1) is 16.1. The number of ether oxygens (including phenoxy) is 6. The number of hydrogen-bond donors (Lipinski definition) is 2. The van der Waals surface area contributed by atoms with Gasteiger partial charge in [-0.05, 0) is 35.4 Å². The van der Waals surface area contributed by atoms with Gasteiger partial charge in [-0.1, -0.05) is 18.2 Å². The van der Waals surface area contributed by atoms with Gasteiger partial charge in [-0.25, -0.2) is 4.79 Å². The van der Waals surface area contributed by atoms with Crippen LogP contribution in [-0.2, 0) is 14.2 Å². The van der Waals surface area contributed by atoms with Crippen molar-refractivity contribution in [2.45, 2.75) is 0 Å². The topological polar surface area (TPSA) is 105 Å². The van der Waals surface area contributed by atoms with Crippen LogP contribution in [0.1, 0.15) is 11.1 Å². The van der Waals surface area contributed by atoms with Gasteiger partial charge < -0.3 is 33.5 Å². The molecule has 180 valence electrons. The zero-order valence-corrected chi connectivity index (χ0v) is 19.2. The molecule has 0 radical (unpaired) electrons. The number of carbonyl (C=O) groups excluding carboxylic acids is 1. The summed E-state index contributed by atoms with van der Waals surface area (Å²) in [6.45, 7) is 1.29. The van der Waals surface area contributed by atoms with Crippen LogP contribution in [0.4, 0.5) is 10.5 Å². The highest BCUT2D eigenvalue weighted by molar-refractivity contribution is 5.88. The number of amides is 1. The highest BCUT2D eigenvalue weighted by Gasteiger charge is 2.09. The monoisotopic (exact) mass is 461 g/mol. The molecule has 0 spiro atoms. The lowest BCUT2D eigenvalue weighted by Gasteiger charge is -2.12. The second kappa shape index (κ2) is 14.7. The fraction of sp³-hybridized carbons (Fsp3) is 0.375. The third kappa shape index (κ3) is 9.40. The van der Waals surface area contributed by atoms with E-state index in [2.05, 4.69) is 5.32 Å². The molecule has 9 heteroatoms. The van der Waals surface area contributed by atoms with Crippen LogP contribution in [0.25, 0.3) is 12.2 Å². The first kappa shape index (κ1) is 26.0. The number of nitrogens with one attached hydrogen (secondary N) is 1. The number of methoxy groups -OCH3 is 3. The predicted molar refractivity (Wildman–Crippen MR) is 125 cm³/mol. The molecule has 0 aliphatic rings. The molecule has 2 rings (SSSR count). The van der Waals surface area contributed by atoms with E-state index < -0.39 is 6.09 Å². The number of aliphatic hydroxyl groups is 1. The van der Waals surface area contributed by atoms with Crippen molar-refractivity contribution in [3.05, 3.63) is 47.5 Å². The van der Waals surface area contributed by atoms with Crippen molar-refractivity contribution in [1.82, 2.24) is 0 Å². The first-order valence-corrected chi connectivity index (χ1v) is 10.4. The molecule has 0 saturated heterocycles. The molecular weight excluding hydrogens is 430 g/mol. The zero-order chi connectivity index (χ0) is 23.9. The molecule has 0 bridgehead atoms. The van der Waals surface area contributed by atoms with Crippen LogP contribution in [-0.4, -0.2) is 72.2 Å². The third-order valence-corrected chi connectivity index (χ3v) is 4.37. The maximum atomic E-state index is 12.1. The summed E-state index contributed by atoms with van der Waals surface area (Å²) in [5.41, 5.74) is 2.22. The summed E-state index contributed by atoms with van der Waals surface area (Å²) >= 11 is 0. The summed E-state index contributed by atoms with van der Waals surface area (Å²) < 4.78 is 31.4. The SMILES string of the molecule is COc1cc(C=Cc2ccc(OC)c(NC(=O)OCCOCCOCCO)c2)cc(OC)c1.